The normalized spacial score (nSPS) is 15.4. The number of hydrogen-bond donors (Lipinski definition) is 1. The summed E-state index contributed by atoms with van der Waals surface area (Å²) in [6.07, 6.45) is 3.72. The lowest BCUT2D eigenvalue weighted by atomic mass is 10.0. The largest absolute Gasteiger partial charge is 0.478 e. The molecule has 0 aliphatic heterocycles. The van der Waals surface area contributed by atoms with E-state index >= 15 is 0 Å². The summed E-state index contributed by atoms with van der Waals surface area (Å²) < 4.78 is 0. The van der Waals surface area contributed by atoms with Crippen LogP contribution >= 0.6 is 11.3 Å². The van der Waals surface area contributed by atoms with Crippen molar-refractivity contribution in [2.75, 3.05) is 0 Å². The lowest BCUT2D eigenvalue weighted by Gasteiger charge is -2.08. The molecule has 2 aromatic heterocycles. The highest BCUT2D eigenvalue weighted by Gasteiger charge is 2.26. The number of rotatable bonds is 2. The van der Waals surface area contributed by atoms with E-state index in [1.54, 1.807) is 11.3 Å². The quantitative estimate of drug-likeness (QED) is 0.759. The Labute approximate surface area is 131 Å². The van der Waals surface area contributed by atoms with Gasteiger partial charge in [-0.15, -0.1) is 11.3 Å². The summed E-state index contributed by atoms with van der Waals surface area (Å²) >= 11 is 1.68. The maximum absolute atomic E-state index is 11.8. The third kappa shape index (κ3) is 2.04. The summed E-state index contributed by atoms with van der Waals surface area (Å²) in [6, 6.07) is 11.6. The highest BCUT2D eigenvalue weighted by molar-refractivity contribution is 7.10. The molecule has 108 valence electrons. The van der Waals surface area contributed by atoms with Crippen molar-refractivity contribution < 1.29 is 9.90 Å². The lowest BCUT2D eigenvalue weighted by Crippen LogP contribution is -2.05. The molecule has 1 N–H and O–H groups in total. The van der Waals surface area contributed by atoms with Crippen LogP contribution in [0, 0.1) is 0 Å². The van der Waals surface area contributed by atoms with Gasteiger partial charge in [0.05, 0.1) is 16.8 Å². The number of hydrogen-bond acceptors (Lipinski definition) is 3. The van der Waals surface area contributed by atoms with Gasteiger partial charge >= 0.3 is 5.97 Å². The molecular weight excluding hydrogens is 294 g/mol. The van der Waals surface area contributed by atoms with Gasteiger partial charge in [0.25, 0.3) is 0 Å². The number of aromatic carboxylic acids is 1. The number of para-hydroxylation sites is 1. The number of carbonyl (C=O) groups is 1. The summed E-state index contributed by atoms with van der Waals surface area (Å²) in [5, 5.41) is 12.4. The van der Waals surface area contributed by atoms with Gasteiger partial charge in [-0.25, -0.2) is 9.78 Å². The molecule has 0 atom stereocenters. The Morgan fingerprint density at radius 2 is 2.05 bits per heavy atom. The molecule has 0 saturated heterocycles. The maximum atomic E-state index is 11.8. The fourth-order valence-electron chi connectivity index (χ4n) is 3.07. The minimum absolute atomic E-state index is 0.412. The molecule has 4 heteroatoms. The number of carboxylic acid groups (broad SMARTS) is 1. The number of aromatic nitrogens is 1. The van der Waals surface area contributed by atoms with E-state index in [1.807, 2.05) is 35.7 Å². The fourth-order valence-corrected chi connectivity index (χ4v) is 3.75. The van der Waals surface area contributed by atoms with Crippen LogP contribution < -0.4 is 0 Å². The molecule has 3 aromatic rings. The second-order valence-corrected chi connectivity index (χ2v) is 6.30. The zero-order chi connectivity index (χ0) is 15.1. The van der Waals surface area contributed by atoms with E-state index in [4.69, 9.17) is 4.98 Å². The first-order valence-corrected chi connectivity index (χ1v) is 8.01. The minimum atomic E-state index is -0.868. The number of thiophene rings is 1. The van der Waals surface area contributed by atoms with E-state index in [9.17, 15) is 9.90 Å². The van der Waals surface area contributed by atoms with Crippen LogP contribution in [0.5, 0.6) is 0 Å². The van der Waals surface area contributed by atoms with Crippen molar-refractivity contribution >= 4 is 39.9 Å². The predicted octanol–water partition coefficient (Wildman–Crippen LogP) is 4.48. The number of benzene rings is 1. The van der Waals surface area contributed by atoms with E-state index in [2.05, 4.69) is 12.1 Å². The third-order valence-electron chi connectivity index (χ3n) is 4.02. The zero-order valence-electron chi connectivity index (χ0n) is 11.7. The minimum Gasteiger partial charge on any atom is -0.478 e. The number of allylic oxidation sites excluding steroid dienone is 1. The summed E-state index contributed by atoms with van der Waals surface area (Å²) in [7, 11) is 0. The molecule has 1 aliphatic carbocycles. The van der Waals surface area contributed by atoms with Crippen molar-refractivity contribution in [3.8, 4) is 0 Å². The second-order valence-electron chi connectivity index (χ2n) is 5.32. The van der Waals surface area contributed by atoms with E-state index in [-0.39, 0.29) is 0 Å². The summed E-state index contributed by atoms with van der Waals surface area (Å²) in [4.78, 5) is 17.7. The smallest absolute Gasteiger partial charge is 0.336 e. The van der Waals surface area contributed by atoms with Gasteiger partial charge in [0.15, 0.2) is 0 Å². The van der Waals surface area contributed by atoms with Gasteiger partial charge in [0, 0.05) is 10.3 Å². The molecule has 0 amide bonds. The van der Waals surface area contributed by atoms with Crippen LogP contribution in [-0.4, -0.2) is 16.1 Å². The third-order valence-corrected chi connectivity index (χ3v) is 4.83. The van der Waals surface area contributed by atoms with Gasteiger partial charge in [0.1, 0.15) is 0 Å². The van der Waals surface area contributed by atoms with Crippen molar-refractivity contribution in [3.05, 3.63) is 63.5 Å². The Kier molecular flexibility index (Phi) is 3.05. The highest BCUT2D eigenvalue weighted by Crippen LogP contribution is 2.37. The Morgan fingerprint density at radius 1 is 1.18 bits per heavy atom. The Hall–Kier alpha value is -2.46. The zero-order valence-corrected chi connectivity index (χ0v) is 12.6. The number of pyridine rings is 1. The molecule has 2 heterocycles. The summed E-state index contributed by atoms with van der Waals surface area (Å²) in [5.74, 6) is -0.868. The summed E-state index contributed by atoms with van der Waals surface area (Å²) in [6.45, 7) is 0. The predicted molar refractivity (Wildman–Crippen MR) is 89.2 cm³/mol. The van der Waals surface area contributed by atoms with Gasteiger partial charge < -0.3 is 5.11 Å². The Bertz CT molecular complexity index is 910. The molecule has 22 heavy (non-hydrogen) atoms. The van der Waals surface area contributed by atoms with Gasteiger partial charge in [-0.05, 0) is 47.6 Å². The van der Waals surface area contributed by atoms with Crippen LogP contribution in [0.4, 0.5) is 0 Å². The van der Waals surface area contributed by atoms with Gasteiger partial charge in [0.2, 0.25) is 0 Å². The highest BCUT2D eigenvalue weighted by atomic mass is 32.1. The molecule has 0 spiro atoms. The van der Waals surface area contributed by atoms with Gasteiger partial charge in [-0.3, -0.25) is 0 Å². The van der Waals surface area contributed by atoms with Crippen LogP contribution in [0.2, 0.25) is 0 Å². The molecule has 0 radical (unpaired) electrons. The fraction of sp³-hybridized carbons (Fsp3) is 0.111. The topological polar surface area (TPSA) is 50.2 Å². The van der Waals surface area contributed by atoms with Crippen LogP contribution in [0.3, 0.4) is 0 Å². The SMILES string of the molecule is O=C(O)c1c2c(nc3ccccc13)C(=Cc1cccs1)CC2. The Balaban J connectivity index is 1.99. The van der Waals surface area contributed by atoms with Crippen LogP contribution in [-0.2, 0) is 6.42 Å². The average molecular weight is 307 g/mol. The van der Waals surface area contributed by atoms with Crippen LogP contribution in [0.1, 0.15) is 32.9 Å². The van der Waals surface area contributed by atoms with Crippen molar-refractivity contribution in [2.45, 2.75) is 12.8 Å². The van der Waals surface area contributed by atoms with E-state index in [1.165, 1.54) is 4.88 Å². The monoisotopic (exact) mass is 307 g/mol. The first-order valence-electron chi connectivity index (χ1n) is 7.13. The first kappa shape index (κ1) is 13.2. The molecule has 3 nitrogen and oxygen atoms in total. The maximum Gasteiger partial charge on any atom is 0.336 e. The van der Waals surface area contributed by atoms with Crippen molar-refractivity contribution in [1.82, 2.24) is 4.98 Å². The van der Waals surface area contributed by atoms with Gasteiger partial charge in [-0.1, -0.05) is 24.3 Å². The standard InChI is InChI=1S/C18H13NO2S/c20-18(21)16-13-5-1-2-6-15(13)19-17-11(7-8-14(16)17)10-12-4-3-9-22-12/h1-6,9-10H,7-8H2,(H,20,21). The van der Waals surface area contributed by atoms with E-state index in [0.717, 1.165) is 40.6 Å². The molecule has 0 fully saturated rings. The second kappa shape index (κ2) is 5.07. The Morgan fingerprint density at radius 3 is 2.82 bits per heavy atom. The van der Waals surface area contributed by atoms with Crippen LogP contribution in [0.25, 0.3) is 22.6 Å². The number of fused-ring (bicyclic) bond motifs is 2. The molecule has 0 unspecified atom stereocenters. The molecule has 1 aliphatic rings. The average Bonchev–Trinajstić information content (AvgIpc) is 3.15. The van der Waals surface area contributed by atoms with E-state index in [0.29, 0.717) is 5.56 Å². The first-order chi connectivity index (χ1) is 10.7. The summed E-state index contributed by atoms with van der Waals surface area (Å²) in [5.41, 5.74) is 4.01. The van der Waals surface area contributed by atoms with Gasteiger partial charge in [-0.2, -0.15) is 0 Å². The lowest BCUT2D eigenvalue weighted by molar-refractivity contribution is 0.0698. The molecule has 0 bridgehead atoms. The number of nitrogens with zero attached hydrogens (tertiary/aromatic N) is 1. The molecule has 4 rings (SSSR count). The molecule has 0 saturated carbocycles. The van der Waals surface area contributed by atoms with E-state index < -0.39 is 5.97 Å². The molecule has 1 aromatic carbocycles. The van der Waals surface area contributed by atoms with Crippen molar-refractivity contribution in [1.29, 1.82) is 0 Å². The number of carboxylic acids is 1. The van der Waals surface area contributed by atoms with Crippen molar-refractivity contribution in [2.24, 2.45) is 0 Å². The van der Waals surface area contributed by atoms with Crippen molar-refractivity contribution in [3.63, 3.8) is 0 Å². The van der Waals surface area contributed by atoms with Crippen LogP contribution in [0.15, 0.2) is 41.8 Å². The molecular formula is C18H13NO2S.